The molecule has 8 rings (SSSR count). The van der Waals surface area contributed by atoms with Gasteiger partial charge in [-0.25, -0.2) is 4.98 Å². The molecule has 3 heteroatoms. The number of carbonyl (C=O) groups is 1. The fraction of sp³-hybridized carbons (Fsp3) is 0.200. The number of imidazole rings is 1. The molecule has 0 saturated heterocycles. The Morgan fingerprint density at radius 2 is 1.36 bits per heavy atom. The predicted molar refractivity (Wildman–Crippen MR) is 108 cm³/mol. The summed E-state index contributed by atoms with van der Waals surface area (Å²) in [7, 11) is 0. The standard InChI is InChI=1S/C25H18N2O/c1-13-10-11-18-19(12-13)27-24(26-18)22-20-14-6-2-4-8-16(14)21(23(22)25(27)28)17-9-5-3-7-15(17)20/h2-12,20-23H,1H3/t20?,21?,22-,23+/m1/s1. The van der Waals surface area contributed by atoms with Crippen LogP contribution in [-0.2, 0) is 0 Å². The van der Waals surface area contributed by atoms with Gasteiger partial charge in [0.25, 0.3) is 0 Å². The first-order valence-electron chi connectivity index (χ1n) is 9.95. The summed E-state index contributed by atoms with van der Waals surface area (Å²) in [5, 5.41) is 0. The fourth-order valence-corrected chi connectivity index (χ4v) is 6.09. The molecule has 3 nitrogen and oxygen atoms in total. The third kappa shape index (κ3) is 1.54. The highest BCUT2D eigenvalue weighted by molar-refractivity contribution is 5.98. The maximum Gasteiger partial charge on any atom is 0.237 e. The monoisotopic (exact) mass is 362 g/mol. The SMILES string of the molecule is Cc1ccc2nc3n(c2c1)C(=O)[C@H]1C2c4ccccc4C(c4ccccc42)[C@@H]31. The molecule has 0 saturated carbocycles. The molecule has 2 atom stereocenters. The Labute approximate surface area is 162 Å². The summed E-state index contributed by atoms with van der Waals surface area (Å²) >= 11 is 0. The van der Waals surface area contributed by atoms with Crippen LogP contribution in [0.5, 0.6) is 0 Å². The van der Waals surface area contributed by atoms with Crippen molar-refractivity contribution in [2.45, 2.75) is 24.7 Å². The summed E-state index contributed by atoms with van der Waals surface area (Å²) in [6, 6.07) is 23.6. The Balaban J connectivity index is 1.57. The lowest BCUT2D eigenvalue weighted by Gasteiger charge is -2.46. The second-order valence-electron chi connectivity index (χ2n) is 8.40. The van der Waals surface area contributed by atoms with Crippen molar-refractivity contribution >= 4 is 16.9 Å². The van der Waals surface area contributed by atoms with Gasteiger partial charge < -0.3 is 0 Å². The lowest BCUT2D eigenvalue weighted by Crippen LogP contribution is -2.39. The molecule has 0 unspecified atom stereocenters. The molecule has 4 aliphatic rings. The number of fused-ring (bicyclic) bond motifs is 3. The summed E-state index contributed by atoms with van der Waals surface area (Å²) in [4.78, 5) is 18.7. The average Bonchev–Trinajstić information content (AvgIpc) is 3.24. The molecule has 3 aliphatic carbocycles. The molecule has 3 aromatic carbocycles. The van der Waals surface area contributed by atoms with Crippen LogP contribution in [0.1, 0.15) is 56.2 Å². The molecule has 134 valence electrons. The highest BCUT2D eigenvalue weighted by Crippen LogP contribution is 2.63. The summed E-state index contributed by atoms with van der Waals surface area (Å²) in [6.07, 6.45) is 0. The maximum absolute atomic E-state index is 13.7. The number of hydrogen-bond donors (Lipinski definition) is 0. The van der Waals surface area contributed by atoms with Crippen molar-refractivity contribution in [2.24, 2.45) is 5.92 Å². The van der Waals surface area contributed by atoms with Gasteiger partial charge in [0, 0.05) is 17.8 Å². The Morgan fingerprint density at radius 3 is 1.96 bits per heavy atom. The van der Waals surface area contributed by atoms with E-state index in [0.717, 1.165) is 22.4 Å². The molecule has 0 fully saturated rings. The van der Waals surface area contributed by atoms with Gasteiger partial charge in [-0.1, -0.05) is 54.6 Å². The molecule has 0 amide bonds. The number of nitrogens with zero attached hydrogens (tertiary/aromatic N) is 2. The minimum atomic E-state index is -0.0535. The van der Waals surface area contributed by atoms with Crippen LogP contribution in [-0.4, -0.2) is 15.5 Å². The smallest absolute Gasteiger partial charge is 0.237 e. The van der Waals surface area contributed by atoms with Crippen LogP contribution in [0.2, 0.25) is 0 Å². The summed E-state index contributed by atoms with van der Waals surface area (Å²) < 4.78 is 1.93. The van der Waals surface area contributed by atoms with Gasteiger partial charge in [0.1, 0.15) is 5.82 Å². The first kappa shape index (κ1) is 14.8. The van der Waals surface area contributed by atoms with E-state index in [0.29, 0.717) is 0 Å². The minimum Gasteiger partial charge on any atom is -0.274 e. The summed E-state index contributed by atoms with van der Waals surface area (Å²) in [6.45, 7) is 2.07. The van der Waals surface area contributed by atoms with Crippen molar-refractivity contribution in [1.82, 2.24) is 9.55 Å². The third-order valence-electron chi connectivity index (χ3n) is 7.08. The Bertz CT molecular complexity index is 1280. The fourth-order valence-electron chi connectivity index (χ4n) is 6.09. The van der Waals surface area contributed by atoms with Gasteiger partial charge in [-0.05, 0) is 46.9 Å². The van der Waals surface area contributed by atoms with E-state index < -0.39 is 0 Å². The summed E-state index contributed by atoms with van der Waals surface area (Å²) in [5.74, 6) is 1.56. The third-order valence-corrected chi connectivity index (χ3v) is 7.08. The lowest BCUT2D eigenvalue weighted by molar-refractivity contribution is 0.0829. The van der Waals surface area contributed by atoms with Crippen molar-refractivity contribution in [3.63, 3.8) is 0 Å². The number of aryl methyl sites for hydroxylation is 1. The van der Waals surface area contributed by atoms with E-state index in [9.17, 15) is 4.79 Å². The van der Waals surface area contributed by atoms with Crippen LogP contribution in [0.25, 0.3) is 11.0 Å². The molecular formula is C25H18N2O. The maximum atomic E-state index is 13.7. The van der Waals surface area contributed by atoms with Crippen LogP contribution >= 0.6 is 0 Å². The van der Waals surface area contributed by atoms with E-state index in [1.807, 2.05) is 10.6 Å². The highest BCUT2D eigenvalue weighted by atomic mass is 16.2. The first-order valence-corrected chi connectivity index (χ1v) is 9.95. The van der Waals surface area contributed by atoms with E-state index in [1.54, 1.807) is 0 Å². The van der Waals surface area contributed by atoms with Crippen molar-refractivity contribution in [3.8, 4) is 0 Å². The molecule has 0 spiro atoms. The van der Waals surface area contributed by atoms with Crippen molar-refractivity contribution < 1.29 is 4.79 Å². The number of benzene rings is 3. The first-order chi connectivity index (χ1) is 13.7. The van der Waals surface area contributed by atoms with E-state index in [2.05, 4.69) is 67.6 Å². The van der Waals surface area contributed by atoms with Crippen molar-refractivity contribution in [2.75, 3.05) is 0 Å². The van der Waals surface area contributed by atoms with Gasteiger partial charge in [-0.2, -0.15) is 0 Å². The Hall–Kier alpha value is -3.20. The zero-order valence-corrected chi connectivity index (χ0v) is 15.5. The largest absolute Gasteiger partial charge is 0.274 e. The van der Waals surface area contributed by atoms with Gasteiger partial charge in [-0.15, -0.1) is 0 Å². The van der Waals surface area contributed by atoms with Crippen LogP contribution < -0.4 is 0 Å². The molecule has 0 radical (unpaired) electrons. The lowest BCUT2D eigenvalue weighted by atomic mass is 9.55. The second-order valence-corrected chi connectivity index (χ2v) is 8.40. The molecule has 1 aromatic heterocycles. The molecule has 1 aliphatic heterocycles. The van der Waals surface area contributed by atoms with Crippen molar-refractivity contribution in [1.29, 1.82) is 0 Å². The van der Waals surface area contributed by atoms with Crippen molar-refractivity contribution in [3.05, 3.63) is 100 Å². The second kappa shape index (κ2) is 4.79. The average molecular weight is 362 g/mol. The van der Waals surface area contributed by atoms with Gasteiger partial charge in [0.05, 0.1) is 17.0 Å². The van der Waals surface area contributed by atoms with Gasteiger partial charge in [0.2, 0.25) is 5.91 Å². The van der Waals surface area contributed by atoms with E-state index in [4.69, 9.17) is 4.98 Å². The Kier molecular flexibility index (Phi) is 2.54. The van der Waals surface area contributed by atoms with Gasteiger partial charge >= 0.3 is 0 Å². The molecule has 4 aromatic rings. The zero-order chi connectivity index (χ0) is 18.6. The normalized spacial score (nSPS) is 26.1. The number of carbonyl (C=O) groups excluding carboxylic acids is 1. The van der Waals surface area contributed by atoms with Crippen LogP contribution in [0.4, 0.5) is 0 Å². The van der Waals surface area contributed by atoms with Gasteiger partial charge in [-0.3, -0.25) is 9.36 Å². The number of aromatic nitrogens is 2. The number of rotatable bonds is 0. The Morgan fingerprint density at radius 1 is 0.786 bits per heavy atom. The van der Waals surface area contributed by atoms with Crippen LogP contribution in [0.15, 0.2) is 66.7 Å². The van der Waals surface area contributed by atoms with Crippen LogP contribution in [0, 0.1) is 12.8 Å². The minimum absolute atomic E-state index is 0.0535. The quantitative estimate of drug-likeness (QED) is 0.442. The van der Waals surface area contributed by atoms with Crippen LogP contribution in [0.3, 0.4) is 0 Å². The molecule has 2 bridgehead atoms. The molecule has 28 heavy (non-hydrogen) atoms. The van der Waals surface area contributed by atoms with E-state index >= 15 is 0 Å². The highest BCUT2D eigenvalue weighted by Gasteiger charge is 2.58. The summed E-state index contributed by atoms with van der Waals surface area (Å²) in [5.41, 5.74) is 8.44. The topological polar surface area (TPSA) is 34.9 Å². The molecule has 0 N–H and O–H groups in total. The molecule has 2 heterocycles. The number of hydrogen-bond acceptors (Lipinski definition) is 2. The van der Waals surface area contributed by atoms with E-state index in [1.165, 1.54) is 22.3 Å². The molecular weight excluding hydrogens is 344 g/mol. The van der Waals surface area contributed by atoms with Gasteiger partial charge in [0.15, 0.2) is 0 Å². The zero-order valence-electron chi connectivity index (χ0n) is 15.5. The van der Waals surface area contributed by atoms with E-state index in [-0.39, 0.29) is 29.6 Å². The predicted octanol–water partition coefficient (Wildman–Crippen LogP) is 4.99.